The molecule has 1 aromatic heterocycles. The summed E-state index contributed by atoms with van der Waals surface area (Å²) in [5, 5.41) is 12.2. The van der Waals surface area contributed by atoms with Gasteiger partial charge in [-0.25, -0.2) is 9.59 Å². The van der Waals surface area contributed by atoms with Crippen LogP contribution < -0.4 is 5.32 Å². The number of pyridine rings is 1. The molecule has 8 heteroatoms. The van der Waals surface area contributed by atoms with Gasteiger partial charge in [-0.2, -0.15) is 11.8 Å². The maximum Gasteiger partial charge on any atom is 0.408 e. The van der Waals surface area contributed by atoms with Crippen molar-refractivity contribution < 1.29 is 19.4 Å². The molecule has 1 aromatic carbocycles. The van der Waals surface area contributed by atoms with E-state index in [1.165, 1.54) is 11.8 Å². The summed E-state index contributed by atoms with van der Waals surface area (Å²) < 4.78 is 5.05. The summed E-state index contributed by atoms with van der Waals surface area (Å²) in [6.45, 7) is 0.0915. The topological polar surface area (TPSA) is 88.5 Å². The average Bonchev–Trinajstić information content (AvgIpc) is 2.63. The number of carboxylic acid groups (broad SMARTS) is 1. The highest BCUT2D eigenvalue weighted by atomic mass is 35.5. The quantitative estimate of drug-likeness (QED) is 0.630. The van der Waals surface area contributed by atoms with Crippen molar-refractivity contribution in [1.29, 1.82) is 0 Å². The van der Waals surface area contributed by atoms with Crippen LogP contribution in [-0.4, -0.2) is 33.9 Å². The second kappa shape index (κ2) is 10.7. The van der Waals surface area contributed by atoms with E-state index in [4.69, 9.17) is 16.3 Å². The molecule has 2 rings (SSSR count). The van der Waals surface area contributed by atoms with E-state index < -0.39 is 18.1 Å². The summed E-state index contributed by atoms with van der Waals surface area (Å²) in [5.41, 5.74) is 1.66. The van der Waals surface area contributed by atoms with Gasteiger partial charge in [0.25, 0.3) is 0 Å². The van der Waals surface area contributed by atoms with Gasteiger partial charge in [0, 0.05) is 17.0 Å². The molecule has 0 aliphatic heterocycles. The number of nitrogens with zero attached hydrogens (tertiary/aromatic N) is 1. The van der Waals surface area contributed by atoms with E-state index in [1.807, 2.05) is 30.3 Å². The van der Waals surface area contributed by atoms with Gasteiger partial charge < -0.3 is 15.2 Å². The summed E-state index contributed by atoms with van der Waals surface area (Å²) in [7, 11) is 0. The molecule has 0 radical (unpaired) electrons. The van der Waals surface area contributed by atoms with Crippen LogP contribution in [0.3, 0.4) is 0 Å². The molecule has 0 spiro atoms. The molecular weight excluding hydrogens is 376 g/mol. The number of aromatic nitrogens is 1. The van der Waals surface area contributed by atoms with Gasteiger partial charge in [-0.3, -0.25) is 4.98 Å². The van der Waals surface area contributed by atoms with Gasteiger partial charge >= 0.3 is 12.1 Å². The van der Waals surface area contributed by atoms with E-state index in [2.05, 4.69) is 10.3 Å². The summed E-state index contributed by atoms with van der Waals surface area (Å²) in [6, 6.07) is 11.6. The van der Waals surface area contributed by atoms with Crippen molar-refractivity contribution in [2.45, 2.75) is 24.8 Å². The first-order valence-electron chi connectivity index (χ1n) is 7.93. The molecule has 138 valence electrons. The van der Waals surface area contributed by atoms with Gasteiger partial charge in [-0.05, 0) is 29.9 Å². The highest BCUT2D eigenvalue weighted by Crippen LogP contribution is 2.15. The van der Waals surface area contributed by atoms with Crippen molar-refractivity contribution in [2.75, 3.05) is 5.75 Å². The zero-order chi connectivity index (χ0) is 18.8. The Morgan fingerprint density at radius 3 is 2.73 bits per heavy atom. The van der Waals surface area contributed by atoms with Gasteiger partial charge in [-0.1, -0.05) is 41.9 Å². The smallest absolute Gasteiger partial charge is 0.408 e. The molecule has 26 heavy (non-hydrogen) atoms. The van der Waals surface area contributed by atoms with Crippen molar-refractivity contribution in [3.8, 4) is 0 Å². The molecule has 1 unspecified atom stereocenters. The van der Waals surface area contributed by atoms with Crippen LogP contribution in [0.4, 0.5) is 4.79 Å². The average molecular weight is 395 g/mol. The molecule has 6 nitrogen and oxygen atoms in total. The number of benzene rings is 1. The molecule has 0 bridgehead atoms. The van der Waals surface area contributed by atoms with Crippen LogP contribution in [0.25, 0.3) is 0 Å². The Morgan fingerprint density at radius 1 is 1.27 bits per heavy atom. The third-order valence-corrected chi connectivity index (χ3v) is 4.64. The first-order chi connectivity index (χ1) is 12.5. The molecular formula is C18H19ClN2O4S. The first kappa shape index (κ1) is 20.1. The zero-order valence-corrected chi connectivity index (χ0v) is 15.5. The van der Waals surface area contributed by atoms with Crippen molar-refractivity contribution >= 4 is 35.4 Å². The van der Waals surface area contributed by atoms with Crippen LogP contribution in [0, 0.1) is 0 Å². The first-order valence-corrected chi connectivity index (χ1v) is 9.46. The van der Waals surface area contributed by atoms with Gasteiger partial charge in [0.15, 0.2) is 0 Å². The Balaban J connectivity index is 1.72. The van der Waals surface area contributed by atoms with Crippen molar-refractivity contribution in [3.05, 3.63) is 64.9 Å². The number of carbonyl (C=O) groups is 2. The predicted octanol–water partition coefficient (Wildman–Crippen LogP) is 3.74. The molecule has 1 atom stereocenters. The van der Waals surface area contributed by atoms with Crippen molar-refractivity contribution in [3.63, 3.8) is 0 Å². The molecule has 0 aliphatic rings. The molecule has 0 saturated carbocycles. The van der Waals surface area contributed by atoms with Crippen molar-refractivity contribution in [1.82, 2.24) is 10.3 Å². The van der Waals surface area contributed by atoms with Crippen LogP contribution in [-0.2, 0) is 21.9 Å². The normalized spacial score (nSPS) is 11.6. The number of aliphatic carboxylic acids is 1. The maximum absolute atomic E-state index is 11.8. The minimum atomic E-state index is -1.09. The summed E-state index contributed by atoms with van der Waals surface area (Å²) in [5.74, 6) is 0.0679. The number of nitrogens with one attached hydrogen (secondary N) is 1. The Bertz CT molecular complexity index is 730. The molecule has 2 aromatic rings. The second-order valence-electron chi connectivity index (χ2n) is 5.40. The molecule has 0 fully saturated rings. The lowest BCUT2D eigenvalue weighted by atomic mass is 10.2. The largest absolute Gasteiger partial charge is 0.480 e. The fourth-order valence-electron chi connectivity index (χ4n) is 2.07. The fraction of sp³-hybridized carbons (Fsp3) is 0.278. The number of carbonyl (C=O) groups excluding carboxylic acids is 1. The Kier molecular flexibility index (Phi) is 8.24. The number of hydrogen-bond acceptors (Lipinski definition) is 5. The van der Waals surface area contributed by atoms with E-state index >= 15 is 0 Å². The number of carboxylic acids is 1. The molecule has 1 heterocycles. The Hall–Kier alpha value is -2.25. The number of thioether (sulfide) groups is 1. The molecule has 1 amide bonds. The van der Waals surface area contributed by atoms with E-state index in [-0.39, 0.29) is 13.0 Å². The lowest BCUT2D eigenvalue weighted by molar-refractivity contribution is -0.139. The minimum Gasteiger partial charge on any atom is -0.480 e. The molecule has 0 aliphatic carbocycles. The second-order valence-corrected chi connectivity index (χ2v) is 6.95. The fourth-order valence-corrected chi connectivity index (χ4v) is 3.17. The van der Waals surface area contributed by atoms with E-state index in [0.29, 0.717) is 16.5 Å². The third kappa shape index (κ3) is 7.33. The summed E-state index contributed by atoms with van der Waals surface area (Å²) >= 11 is 7.41. The molecule has 0 saturated heterocycles. The molecule has 2 N–H and O–H groups in total. The third-order valence-electron chi connectivity index (χ3n) is 3.38. The predicted molar refractivity (Wildman–Crippen MR) is 101 cm³/mol. The number of halogens is 1. The minimum absolute atomic E-state index is 0.0915. The van der Waals surface area contributed by atoms with Crippen LogP contribution in [0.15, 0.2) is 48.7 Å². The number of rotatable bonds is 9. The van der Waals surface area contributed by atoms with E-state index in [9.17, 15) is 14.7 Å². The lowest BCUT2D eigenvalue weighted by Gasteiger charge is -2.14. The van der Waals surface area contributed by atoms with E-state index in [1.54, 1.807) is 18.3 Å². The van der Waals surface area contributed by atoms with Crippen molar-refractivity contribution in [2.24, 2.45) is 0 Å². The monoisotopic (exact) mass is 394 g/mol. The summed E-state index contributed by atoms with van der Waals surface area (Å²) in [6.07, 6.45) is 1.16. The number of ether oxygens (including phenoxy) is 1. The maximum atomic E-state index is 11.8. The van der Waals surface area contributed by atoms with E-state index in [0.717, 1.165) is 11.3 Å². The van der Waals surface area contributed by atoms with Gasteiger partial charge in [0.1, 0.15) is 12.6 Å². The van der Waals surface area contributed by atoms with Crippen LogP contribution in [0.1, 0.15) is 17.7 Å². The number of amides is 1. The zero-order valence-electron chi connectivity index (χ0n) is 13.9. The standard InChI is InChI=1S/C18H19ClN2O4S/c19-14-6-8-20-15(10-14)12-26-9-7-16(17(22)23)21-18(24)25-11-13-4-2-1-3-5-13/h1-6,8,10,16H,7,9,11-12H2,(H,21,24)(H,22,23). The lowest BCUT2D eigenvalue weighted by Crippen LogP contribution is -2.41. The Labute approximate surface area is 160 Å². The summed E-state index contributed by atoms with van der Waals surface area (Å²) in [4.78, 5) is 27.3. The van der Waals surface area contributed by atoms with Gasteiger partial charge in [0.2, 0.25) is 0 Å². The van der Waals surface area contributed by atoms with Crippen LogP contribution in [0.5, 0.6) is 0 Å². The number of alkyl carbamates (subject to hydrolysis) is 1. The number of hydrogen-bond donors (Lipinski definition) is 2. The highest BCUT2D eigenvalue weighted by molar-refractivity contribution is 7.98. The van der Waals surface area contributed by atoms with Gasteiger partial charge in [-0.15, -0.1) is 0 Å². The van der Waals surface area contributed by atoms with Crippen LogP contribution >= 0.6 is 23.4 Å². The Morgan fingerprint density at radius 2 is 2.04 bits per heavy atom. The van der Waals surface area contributed by atoms with Crippen LogP contribution in [0.2, 0.25) is 5.02 Å². The highest BCUT2D eigenvalue weighted by Gasteiger charge is 2.20. The van der Waals surface area contributed by atoms with Gasteiger partial charge in [0.05, 0.1) is 5.69 Å². The SMILES string of the molecule is O=C(NC(CCSCc1cc(Cl)ccn1)C(=O)O)OCc1ccccc1.